The first-order valence-corrected chi connectivity index (χ1v) is 5.57. The Morgan fingerprint density at radius 1 is 1.11 bits per heavy atom. The fraction of sp³-hybridized carbons (Fsp3) is 0.417. The molecule has 1 atom stereocenters. The van der Waals surface area contributed by atoms with E-state index in [1.165, 1.54) is 6.08 Å². The number of aliphatic carboxylic acids is 1. The highest BCUT2D eigenvalue weighted by Gasteiger charge is 2.17. The summed E-state index contributed by atoms with van der Waals surface area (Å²) in [5.74, 6) is -1.85. The lowest BCUT2D eigenvalue weighted by Gasteiger charge is -2.12. The van der Waals surface area contributed by atoms with Crippen LogP contribution in [0.3, 0.4) is 0 Å². The van der Waals surface area contributed by atoms with Gasteiger partial charge in [0, 0.05) is 6.54 Å². The van der Waals surface area contributed by atoms with Crippen molar-refractivity contribution in [3.63, 3.8) is 0 Å². The van der Waals surface area contributed by atoms with E-state index >= 15 is 0 Å². The average molecular weight is 254 g/mol. The van der Waals surface area contributed by atoms with Gasteiger partial charge in [-0.15, -0.1) is 0 Å². The Morgan fingerprint density at radius 3 is 2.22 bits per heavy atom. The topological polar surface area (TPSA) is 95.5 Å². The Labute approximate surface area is 106 Å². The summed E-state index contributed by atoms with van der Waals surface area (Å²) in [5, 5.41) is 13.8. The van der Waals surface area contributed by atoms with Gasteiger partial charge < -0.3 is 15.7 Å². The highest BCUT2D eigenvalue weighted by Crippen LogP contribution is 2.01. The van der Waals surface area contributed by atoms with Crippen LogP contribution in [-0.4, -0.2) is 35.5 Å². The van der Waals surface area contributed by atoms with Gasteiger partial charge in [-0.1, -0.05) is 13.2 Å². The Bertz CT molecular complexity index is 339. The monoisotopic (exact) mass is 254 g/mol. The van der Waals surface area contributed by atoms with Crippen molar-refractivity contribution in [1.82, 2.24) is 10.6 Å². The number of nitrogens with one attached hydrogen (secondary N) is 2. The third-order valence-electron chi connectivity index (χ3n) is 2.20. The van der Waals surface area contributed by atoms with Crippen molar-refractivity contribution in [3.05, 3.63) is 25.3 Å². The quantitative estimate of drug-likeness (QED) is 0.405. The molecule has 0 rings (SSSR count). The Morgan fingerprint density at radius 2 is 1.72 bits per heavy atom. The molecule has 100 valence electrons. The van der Waals surface area contributed by atoms with Crippen LogP contribution in [0.1, 0.15) is 19.3 Å². The predicted molar refractivity (Wildman–Crippen MR) is 66.8 cm³/mol. The zero-order valence-corrected chi connectivity index (χ0v) is 10.1. The summed E-state index contributed by atoms with van der Waals surface area (Å²) in [6.45, 7) is 7.01. The summed E-state index contributed by atoms with van der Waals surface area (Å²) in [6, 6.07) is -0.925. The maximum absolute atomic E-state index is 11.0. The molecule has 0 aromatic heterocycles. The molecular weight excluding hydrogens is 236 g/mol. The van der Waals surface area contributed by atoms with Gasteiger partial charge in [0.15, 0.2) is 0 Å². The lowest BCUT2D eigenvalue weighted by molar-refractivity contribution is -0.141. The summed E-state index contributed by atoms with van der Waals surface area (Å²) in [7, 11) is 0. The largest absolute Gasteiger partial charge is 0.480 e. The maximum Gasteiger partial charge on any atom is 0.326 e. The SMILES string of the molecule is C=CC(=O)NCCCC[C@H](NC(=O)C=C)C(=O)O. The molecule has 0 saturated carbocycles. The number of carbonyl (C=O) groups excluding carboxylic acids is 2. The summed E-state index contributed by atoms with van der Waals surface area (Å²) in [4.78, 5) is 32.6. The second-order valence-corrected chi connectivity index (χ2v) is 3.59. The number of hydrogen-bond acceptors (Lipinski definition) is 3. The van der Waals surface area contributed by atoms with Gasteiger partial charge >= 0.3 is 5.97 Å². The lowest BCUT2D eigenvalue weighted by Crippen LogP contribution is -2.39. The number of carbonyl (C=O) groups is 3. The van der Waals surface area contributed by atoms with Gasteiger partial charge in [0.1, 0.15) is 6.04 Å². The van der Waals surface area contributed by atoms with Crippen molar-refractivity contribution in [1.29, 1.82) is 0 Å². The van der Waals surface area contributed by atoms with E-state index in [2.05, 4.69) is 23.8 Å². The van der Waals surface area contributed by atoms with E-state index in [-0.39, 0.29) is 5.91 Å². The summed E-state index contributed by atoms with van der Waals surface area (Å²) in [6.07, 6.45) is 3.71. The molecule has 0 heterocycles. The maximum atomic E-state index is 11.0. The van der Waals surface area contributed by atoms with Gasteiger partial charge in [-0.05, 0) is 31.4 Å². The minimum atomic E-state index is -1.08. The van der Waals surface area contributed by atoms with Crippen LogP contribution >= 0.6 is 0 Å². The van der Waals surface area contributed by atoms with Gasteiger partial charge in [0.05, 0.1) is 0 Å². The van der Waals surface area contributed by atoms with Crippen LogP contribution in [0.25, 0.3) is 0 Å². The molecule has 0 aliphatic heterocycles. The number of carboxylic acids is 1. The van der Waals surface area contributed by atoms with E-state index in [9.17, 15) is 14.4 Å². The van der Waals surface area contributed by atoms with Crippen molar-refractivity contribution in [3.8, 4) is 0 Å². The van der Waals surface area contributed by atoms with Gasteiger partial charge in [-0.25, -0.2) is 4.79 Å². The molecule has 6 heteroatoms. The molecule has 0 spiro atoms. The zero-order chi connectivity index (χ0) is 14.0. The molecule has 3 N–H and O–H groups in total. The van der Waals surface area contributed by atoms with E-state index in [4.69, 9.17) is 5.11 Å². The van der Waals surface area contributed by atoms with Crippen molar-refractivity contribution >= 4 is 17.8 Å². The van der Waals surface area contributed by atoms with E-state index in [0.717, 1.165) is 6.08 Å². The van der Waals surface area contributed by atoms with Gasteiger partial charge in [-0.2, -0.15) is 0 Å². The molecule has 0 fully saturated rings. The summed E-state index contributed by atoms with van der Waals surface area (Å²) in [5.41, 5.74) is 0. The van der Waals surface area contributed by atoms with E-state index in [1.54, 1.807) is 0 Å². The van der Waals surface area contributed by atoms with Crippen LogP contribution in [0, 0.1) is 0 Å². The average Bonchev–Trinajstić information content (AvgIpc) is 2.35. The number of hydrogen-bond donors (Lipinski definition) is 3. The molecule has 0 aromatic rings. The van der Waals surface area contributed by atoms with E-state index in [1.807, 2.05) is 0 Å². The van der Waals surface area contributed by atoms with Crippen LogP contribution < -0.4 is 10.6 Å². The first kappa shape index (κ1) is 15.9. The first-order valence-electron chi connectivity index (χ1n) is 5.57. The fourth-order valence-electron chi connectivity index (χ4n) is 1.25. The summed E-state index contributed by atoms with van der Waals surface area (Å²) >= 11 is 0. The van der Waals surface area contributed by atoms with Gasteiger partial charge in [0.25, 0.3) is 0 Å². The van der Waals surface area contributed by atoms with Gasteiger partial charge in [0.2, 0.25) is 11.8 Å². The van der Waals surface area contributed by atoms with Gasteiger partial charge in [-0.3, -0.25) is 9.59 Å². The van der Waals surface area contributed by atoms with Crippen LogP contribution in [0.2, 0.25) is 0 Å². The van der Waals surface area contributed by atoms with Crippen molar-refractivity contribution in [2.24, 2.45) is 0 Å². The minimum absolute atomic E-state index is 0.259. The second-order valence-electron chi connectivity index (χ2n) is 3.59. The molecule has 0 unspecified atom stereocenters. The molecule has 2 amide bonds. The molecule has 6 nitrogen and oxygen atoms in total. The highest BCUT2D eigenvalue weighted by atomic mass is 16.4. The molecule has 0 saturated heterocycles. The number of unbranched alkanes of at least 4 members (excludes halogenated alkanes) is 1. The number of rotatable bonds is 9. The Balaban J connectivity index is 3.87. The third kappa shape index (κ3) is 7.21. The molecule has 0 radical (unpaired) electrons. The van der Waals surface area contributed by atoms with Crippen LogP contribution in [0.15, 0.2) is 25.3 Å². The fourth-order valence-corrected chi connectivity index (χ4v) is 1.25. The number of amides is 2. The highest BCUT2D eigenvalue weighted by molar-refractivity contribution is 5.90. The normalized spacial score (nSPS) is 11.1. The van der Waals surface area contributed by atoms with Crippen molar-refractivity contribution < 1.29 is 19.5 Å². The van der Waals surface area contributed by atoms with Crippen LogP contribution in [0.4, 0.5) is 0 Å². The second kappa shape index (κ2) is 8.98. The van der Waals surface area contributed by atoms with E-state index in [0.29, 0.717) is 25.8 Å². The standard InChI is InChI=1S/C12H18N2O4/c1-3-10(15)13-8-6-5-7-9(12(17)18)14-11(16)4-2/h3-4,9H,1-2,5-8H2,(H,13,15)(H,14,16)(H,17,18)/t9-/m0/s1. The number of carboxylic acid groups (broad SMARTS) is 1. The molecule has 0 aliphatic rings. The minimum Gasteiger partial charge on any atom is -0.480 e. The molecule has 0 bridgehead atoms. The Kier molecular flexibility index (Phi) is 7.92. The Hall–Kier alpha value is -2.11. The smallest absolute Gasteiger partial charge is 0.326 e. The third-order valence-corrected chi connectivity index (χ3v) is 2.20. The predicted octanol–water partition coefficient (Wildman–Crippen LogP) is 0.214. The van der Waals surface area contributed by atoms with Crippen molar-refractivity contribution in [2.45, 2.75) is 25.3 Å². The van der Waals surface area contributed by atoms with Crippen LogP contribution in [0.5, 0.6) is 0 Å². The molecule has 0 aliphatic carbocycles. The van der Waals surface area contributed by atoms with Crippen molar-refractivity contribution in [2.75, 3.05) is 6.54 Å². The van der Waals surface area contributed by atoms with Crippen LogP contribution in [-0.2, 0) is 14.4 Å². The lowest BCUT2D eigenvalue weighted by atomic mass is 10.1. The molecule has 18 heavy (non-hydrogen) atoms. The molecular formula is C12H18N2O4. The zero-order valence-electron chi connectivity index (χ0n) is 10.1. The van der Waals surface area contributed by atoms with E-state index < -0.39 is 17.9 Å². The first-order chi connectivity index (χ1) is 8.51. The summed E-state index contributed by atoms with van der Waals surface area (Å²) < 4.78 is 0. The molecule has 0 aromatic carbocycles.